The van der Waals surface area contributed by atoms with Crippen molar-refractivity contribution in [3.05, 3.63) is 52.5 Å². The zero-order chi connectivity index (χ0) is 23.0. The highest BCUT2D eigenvalue weighted by atomic mass is 79.9. The monoisotopic (exact) mass is 545 g/mol. The molecule has 8 nitrogen and oxygen atoms in total. The lowest BCUT2D eigenvalue weighted by atomic mass is 10.2. The van der Waals surface area contributed by atoms with E-state index in [0.717, 1.165) is 29.3 Å². The fourth-order valence-corrected chi connectivity index (χ4v) is 6.35. The maximum atomic E-state index is 13.1. The number of hydrogen-bond acceptors (Lipinski definition) is 7. The largest absolute Gasteiger partial charge is 0.338 e. The van der Waals surface area contributed by atoms with Gasteiger partial charge in [0.05, 0.1) is 10.6 Å². The summed E-state index contributed by atoms with van der Waals surface area (Å²) in [4.78, 5) is 20.3. The SMILES string of the molecule is O=C(CSc1nnc2c(n1)[nH]c1ccc(S(=O)(=O)N3CCCCC3)cc12)c1ccc(Br)cc1. The van der Waals surface area contributed by atoms with E-state index in [4.69, 9.17) is 0 Å². The van der Waals surface area contributed by atoms with Gasteiger partial charge in [-0.1, -0.05) is 46.2 Å². The topological polar surface area (TPSA) is 109 Å². The maximum Gasteiger partial charge on any atom is 0.243 e. The third-order valence-corrected chi connectivity index (χ3v) is 8.88. The maximum absolute atomic E-state index is 13.1. The van der Waals surface area contributed by atoms with Gasteiger partial charge in [0.25, 0.3) is 0 Å². The highest BCUT2D eigenvalue weighted by Gasteiger charge is 2.26. The lowest BCUT2D eigenvalue weighted by molar-refractivity contribution is 0.102. The molecule has 4 aromatic rings. The third kappa shape index (κ3) is 4.54. The van der Waals surface area contributed by atoms with E-state index in [1.807, 2.05) is 12.1 Å². The van der Waals surface area contributed by atoms with Crippen LogP contribution in [0.3, 0.4) is 0 Å². The van der Waals surface area contributed by atoms with E-state index in [2.05, 4.69) is 36.1 Å². The van der Waals surface area contributed by atoms with Crippen LogP contribution < -0.4 is 0 Å². The quantitative estimate of drug-likeness (QED) is 0.282. The highest BCUT2D eigenvalue weighted by molar-refractivity contribution is 9.10. The number of aromatic nitrogens is 4. The minimum atomic E-state index is -3.55. The molecule has 0 amide bonds. The number of Topliss-reactive ketones (excluding diaryl/α,β-unsaturated/α-hetero) is 1. The van der Waals surface area contributed by atoms with Crippen LogP contribution in [0.2, 0.25) is 0 Å². The van der Waals surface area contributed by atoms with E-state index >= 15 is 0 Å². The predicted octanol–water partition coefficient (Wildman–Crippen LogP) is 4.42. The molecule has 2 aromatic heterocycles. The fraction of sp³-hybridized carbons (Fsp3) is 0.273. The molecule has 11 heteroatoms. The number of benzene rings is 2. The summed E-state index contributed by atoms with van der Waals surface area (Å²) in [5.41, 5.74) is 2.36. The Morgan fingerprint density at radius 3 is 2.58 bits per heavy atom. The molecule has 1 N–H and O–H groups in total. The Labute approximate surface area is 203 Å². The van der Waals surface area contributed by atoms with E-state index in [1.165, 1.54) is 11.8 Å². The molecular formula is C22H20BrN5O3S2. The van der Waals surface area contributed by atoms with Crippen molar-refractivity contribution in [1.29, 1.82) is 0 Å². The summed E-state index contributed by atoms with van der Waals surface area (Å²) >= 11 is 4.57. The van der Waals surface area contributed by atoms with Gasteiger partial charge in [0, 0.05) is 34.0 Å². The molecule has 170 valence electrons. The number of piperidine rings is 1. The van der Waals surface area contributed by atoms with E-state index in [0.29, 0.717) is 40.4 Å². The zero-order valence-corrected chi connectivity index (χ0v) is 20.7. The normalized spacial score (nSPS) is 15.3. The molecule has 0 unspecified atom stereocenters. The van der Waals surface area contributed by atoms with Crippen LogP contribution in [0, 0.1) is 0 Å². The average molecular weight is 546 g/mol. The van der Waals surface area contributed by atoms with Gasteiger partial charge in [-0.15, -0.1) is 10.2 Å². The molecular weight excluding hydrogens is 526 g/mol. The molecule has 33 heavy (non-hydrogen) atoms. The number of hydrogen-bond donors (Lipinski definition) is 1. The van der Waals surface area contributed by atoms with Gasteiger partial charge in [0.1, 0.15) is 5.52 Å². The molecule has 0 radical (unpaired) electrons. The number of carbonyl (C=O) groups is 1. The van der Waals surface area contributed by atoms with Crippen LogP contribution >= 0.6 is 27.7 Å². The van der Waals surface area contributed by atoms with Crippen molar-refractivity contribution >= 4 is 65.6 Å². The first-order valence-electron chi connectivity index (χ1n) is 10.5. The molecule has 0 bridgehead atoms. The van der Waals surface area contributed by atoms with Gasteiger partial charge in [0.2, 0.25) is 15.2 Å². The van der Waals surface area contributed by atoms with Gasteiger partial charge in [-0.3, -0.25) is 4.79 Å². The summed E-state index contributed by atoms with van der Waals surface area (Å²) in [5, 5.41) is 9.46. The number of fused-ring (bicyclic) bond motifs is 3. The summed E-state index contributed by atoms with van der Waals surface area (Å²) in [6.45, 7) is 1.10. The first-order valence-corrected chi connectivity index (χ1v) is 13.7. The number of halogens is 1. The van der Waals surface area contributed by atoms with Crippen molar-refractivity contribution in [3.8, 4) is 0 Å². The van der Waals surface area contributed by atoms with Crippen LogP contribution in [0.25, 0.3) is 22.1 Å². The lowest BCUT2D eigenvalue weighted by Gasteiger charge is -2.25. The van der Waals surface area contributed by atoms with Crippen LogP contribution in [0.5, 0.6) is 0 Å². The average Bonchev–Trinajstić information content (AvgIpc) is 3.20. The van der Waals surface area contributed by atoms with Crippen LogP contribution in [0.4, 0.5) is 0 Å². The Morgan fingerprint density at radius 2 is 1.82 bits per heavy atom. The summed E-state index contributed by atoms with van der Waals surface area (Å²) < 4.78 is 28.6. The third-order valence-electron chi connectivity index (χ3n) is 5.62. The molecule has 0 saturated carbocycles. The standard InChI is InChI=1S/C22H20BrN5O3S2/c23-15-6-4-14(5-7-15)19(29)13-32-22-25-21-20(26-27-22)17-12-16(8-9-18(17)24-21)33(30,31)28-10-2-1-3-11-28/h4-9,12H,1-3,10-11,13H2,(H,24,25,27). The number of aromatic amines is 1. The first kappa shape index (κ1) is 22.5. The van der Waals surface area contributed by atoms with Crippen LogP contribution in [0.1, 0.15) is 29.6 Å². The molecule has 1 aliphatic heterocycles. The van der Waals surface area contributed by atoms with Crippen molar-refractivity contribution in [2.75, 3.05) is 18.8 Å². The van der Waals surface area contributed by atoms with Gasteiger partial charge >= 0.3 is 0 Å². The van der Waals surface area contributed by atoms with Gasteiger partial charge in [-0.25, -0.2) is 13.4 Å². The van der Waals surface area contributed by atoms with E-state index in [1.54, 1.807) is 34.6 Å². The van der Waals surface area contributed by atoms with E-state index in [9.17, 15) is 13.2 Å². The second-order valence-corrected chi connectivity index (χ2v) is 11.6. The van der Waals surface area contributed by atoms with Gasteiger partial charge < -0.3 is 4.98 Å². The van der Waals surface area contributed by atoms with Gasteiger partial charge in [0.15, 0.2) is 11.4 Å². The minimum absolute atomic E-state index is 0.0274. The Morgan fingerprint density at radius 1 is 1.06 bits per heavy atom. The Bertz CT molecular complexity index is 1450. The lowest BCUT2D eigenvalue weighted by Crippen LogP contribution is -2.35. The molecule has 1 aliphatic rings. The molecule has 2 aromatic carbocycles. The fourth-order valence-electron chi connectivity index (χ4n) is 3.86. The predicted molar refractivity (Wildman–Crippen MR) is 131 cm³/mol. The number of rotatable bonds is 6. The number of sulfonamides is 1. The van der Waals surface area contributed by atoms with Gasteiger partial charge in [-0.05, 0) is 43.2 Å². The highest BCUT2D eigenvalue weighted by Crippen LogP contribution is 2.28. The van der Waals surface area contributed by atoms with E-state index in [-0.39, 0.29) is 16.4 Å². The summed E-state index contributed by atoms with van der Waals surface area (Å²) in [5.74, 6) is 0.160. The number of thioether (sulfide) groups is 1. The van der Waals surface area contributed by atoms with Crippen molar-refractivity contribution < 1.29 is 13.2 Å². The molecule has 0 spiro atoms. The smallest absolute Gasteiger partial charge is 0.243 e. The second-order valence-electron chi connectivity index (χ2n) is 7.81. The van der Waals surface area contributed by atoms with Crippen LogP contribution in [-0.4, -0.2) is 57.5 Å². The Kier molecular flexibility index (Phi) is 6.21. The van der Waals surface area contributed by atoms with Crippen molar-refractivity contribution in [2.45, 2.75) is 29.3 Å². The number of H-pyrrole nitrogens is 1. The summed E-state index contributed by atoms with van der Waals surface area (Å²) in [7, 11) is -3.55. The Balaban J connectivity index is 1.39. The number of carbonyl (C=O) groups excluding carboxylic acids is 1. The molecule has 1 fully saturated rings. The first-order chi connectivity index (χ1) is 15.9. The van der Waals surface area contributed by atoms with E-state index < -0.39 is 10.0 Å². The van der Waals surface area contributed by atoms with Crippen molar-refractivity contribution in [1.82, 2.24) is 24.5 Å². The molecule has 5 rings (SSSR count). The molecule has 1 saturated heterocycles. The van der Waals surface area contributed by atoms with Gasteiger partial charge in [-0.2, -0.15) is 4.31 Å². The Hall–Kier alpha value is -2.34. The minimum Gasteiger partial charge on any atom is -0.338 e. The summed E-state index contributed by atoms with van der Waals surface area (Å²) in [6, 6.07) is 12.2. The second kappa shape index (κ2) is 9.13. The molecule has 0 atom stereocenters. The molecule has 3 heterocycles. The van der Waals surface area contributed by atoms with Crippen LogP contribution in [0.15, 0.2) is 57.0 Å². The van der Waals surface area contributed by atoms with Crippen LogP contribution in [-0.2, 0) is 10.0 Å². The molecule has 0 aliphatic carbocycles. The van der Waals surface area contributed by atoms with Crippen molar-refractivity contribution in [3.63, 3.8) is 0 Å². The summed E-state index contributed by atoms with van der Waals surface area (Å²) in [6.07, 6.45) is 2.83. The number of ketones is 1. The number of nitrogens with zero attached hydrogens (tertiary/aromatic N) is 4. The number of nitrogens with one attached hydrogen (secondary N) is 1. The van der Waals surface area contributed by atoms with Crippen molar-refractivity contribution in [2.24, 2.45) is 0 Å². The zero-order valence-electron chi connectivity index (χ0n) is 17.5.